The van der Waals surface area contributed by atoms with E-state index >= 15 is 0 Å². The van der Waals surface area contributed by atoms with Crippen LogP contribution >= 0.6 is 0 Å². The van der Waals surface area contributed by atoms with Crippen molar-refractivity contribution < 1.29 is 14.2 Å². The van der Waals surface area contributed by atoms with E-state index in [0.29, 0.717) is 18.3 Å². The number of fused-ring (bicyclic) bond motifs is 1. The van der Waals surface area contributed by atoms with Crippen molar-refractivity contribution in [3.63, 3.8) is 0 Å². The van der Waals surface area contributed by atoms with Crippen molar-refractivity contribution in [1.82, 2.24) is 0 Å². The highest BCUT2D eigenvalue weighted by Crippen LogP contribution is 2.40. The molecule has 3 heteroatoms. The summed E-state index contributed by atoms with van der Waals surface area (Å²) in [7, 11) is 0. The van der Waals surface area contributed by atoms with Crippen LogP contribution in [0.25, 0.3) is 0 Å². The molecule has 3 rings (SSSR count). The van der Waals surface area contributed by atoms with Gasteiger partial charge in [0.2, 0.25) is 0 Å². The van der Waals surface area contributed by atoms with Crippen molar-refractivity contribution in [2.24, 2.45) is 5.92 Å². The summed E-state index contributed by atoms with van der Waals surface area (Å²) in [6, 6.07) is 0. The summed E-state index contributed by atoms with van der Waals surface area (Å²) in [5.74, 6) is 0.926. The highest BCUT2D eigenvalue weighted by atomic mass is 16.6. The summed E-state index contributed by atoms with van der Waals surface area (Å²) in [4.78, 5) is 0. The molecule has 3 aliphatic rings. The number of hydrogen-bond donors (Lipinski definition) is 0. The molecule has 1 aliphatic carbocycles. The van der Waals surface area contributed by atoms with Gasteiger partial charge in [-0.25, -0.2) is 0 Å². The lowest BCUT2D eigenvalue weighted by atomic mass is 9.86. The van der Waals surface area contributed by atoms with Crippen molar-refractivity contribution in [3.05, 3.63) is 0 Å². The summed E-state index contributed by atoms with van der Waals surface area (Å²) in [6.45, 7) is 2.63. The predicted octanol–water partition coefficient (Wildman–Crippen LogP) is 2.14. The Labute approximate surface area is 97.4 Å². The third kappa shape index (κ3) is 3.19. The van der Waals surface area contributed by atoms with E-state index in [1.165, 1.54) is 38.5 Å². The molecule has 0 amide bonds. The molecule has 92 valence electrons. The van der Waals surface area contributed by atoms with Gasteiger partial charge in [-0.1, -0.05) is 12.8 Å². The quantitative estimate of drug-likeness (QED) is 0.492. The fourth-order valence-electron chi connectivity index (χ4n) is 2.77. The Morgan fingerprint density at radius 3 is 2.88 bits per heavy atom. The first kappa shape index (κ1) is 11.0. The maximum absolute atomic E-state index is 5.55. The zero-order valence-corrected chi connectivity index (χ0v) is 9.90. The first-order chi connectivity index (χ1) is 7.92. The molecular weight excluding hydrogens is 204 g/mol. The van der Waals surface area contributed by atoms with Crippen LogP contribution in [0.3, 0.4) is 0 Å². The number of ether oxygens (including phenoxy) is 3. The minimum atomic E-state index is 0.419. The van der Waals surface area contributed by atoms with E-state index in [9.17, 15) is 0 Å². The topological polar surface area (TPSA) is 34.3 Å². The van der Waals surface area contributed by atoms with Crippen molar-refractivity contribution >= 4 is 0 Å². The number of rotatable bonds is 7. The molecule has 0 aromatic rings. The lowest BCUT2D eigenvalue weighted by Crippen LogP contribution is -2.13. The molecule has 2 heterocycles. The maximum atomic E-state index is 5.55. The number of unbranched alkanes of at least 4 members (excludes halogenated alkanes) is 1. The van der Waals surface area contributed by atoms with Crippen LogP contribution < -0.4 is 0 Å². The number of epoxide rings is 2. The molecule has 16 heavy (non-hydrogen) atoms. The van der Waals surface area contributed by atoms with E-state index < -0.39 is 0 Å². The summed E-state index contributed by atoms with van der Waals surface area (Å²) in [5, 5.41) is 0. The van der Waals surface area contributed by atoms with E-state index in [1.54, 1.807) is 0 Å². The minimum absolute atomic E-state index is 0.419. The van der Waals surface area contributed by atoms with Gasteiger partial charge in [0.05, 0.1) is 25.4 Å². The van der Waals surface area contributed by atoms with Crippen LogP contribution in [0.5, 0.6) is 0 Å². The summed E-state index contributed by atoms with van der Waals surface area (Å²) >= 11 is 0. The molecule has 1 saturated carbocycles. The van der Waals surface area contributed by atoms with Gasteiger partial charge >= 0.3 is 0 Å². The maximum Gasteiger partial charge on any atom is 0.104 e. The minimum Gasteiger partial charge on any atom is -0.379 e. The van der Waals surface area contributed by atoms with Gasteiger partial charge in [-0.15, -0.1) is 0 Å². The molecule has 0 radical (unpaired) electrons. The monoisotopic (exact) mass is 226 g/mol. The zero-order valence-electron chi connectivity index (χ0n) is 9.90. The van der Waals surface area contributed by atoms with Gasteiger partial charge in [-0.2, -0.15) is 0 Å². The van der Waals surface area contributed by atoms with E-state index in [0.717, 1.165) is 25.7 Å². The average Bonchev–Trinajstić information content (AvgIpc) is 3.15. The Morgan fingerprint density at radius 2 is 2.06 bits per heavy atom. The second kappa shape index (κ2) is 5.03. The van der Waals surface area contributed by atoms with Gasteiger partial charge in [-0.3, -0.25) is 0 Å². The third-order valence-electron chi connectivity index (χ3n) is 3.97. The molecule has 0 N–H and O–H groups in total. The van der Waals surface area contributed by atoms with Crippen LogP contribution in [-0.4, -0.2) is 38.1 Å². The van der Waals surface area contributed by atoms with Crippen molar-refractivity contribution in [3.8, 4) is 0 Å². The molecule has 2 aliphatic heterocycles. The van der Waals surface area contributed by atoms with Gasteiger partial charge in [0.15, 0.2) is 0 Å². The Balaban J connectivity index is 1.18. The Hall–Kier alpha value is -0.120. The van der Waals surface area contributed by atoms with Crippen LogP contribution in [0.1, 0.15) is 38.5 Å². The van der Waals surface area contributed by atoms with Crippen LogP contribution in [0.4, 0.5) is 0 Å². The van der Waals surface area contributed by atoms with Gasteiger partial charge in [-0.05, 0) is 31.6 Å². The molecule has 0 bridgehead atoms. The Bertz CT molecular complexity index is 227. The van der Waals surface area contributed by atoms with Gasteiger partial charge in [0, 0.05) is 6.61 Å². The summed E-state index contributed by atoms with van der Waals surface area (Å²) in [5.41, 5.74) is 0. The largest absolute Gasteiger partial charge is 0.379 e. The summed E-state index contributed by atoms with van der Waals surface area (Å²) in [6.07, 6.45) is 9.62. The third-order valence-corrected chi connectivity index (χ3v) is 3.97. The predicted molar refractivity (Wildman–Crippen MR) is 60.4 cm³/mol. The van der Waals surface area contributed by atoms with Gasteiger partial charge in [0.25, 0.3) is 0 Å². The molecule has 3 nitrogen and oxygen atoms in total. The van der Waals surface area contributed by atoms with E-state index in [-0.39, 0.29) is 0 Å². The second-order valence-corrected chi connectivity index (χ2v) is 5.42. The van der Waals surface area contributed by atoms with Crippen LogP contribution in [0.2, 0.25) is 0 Å². The Morgan fingerprint density at radius 1 is 1.12 bits per heavy atom. The fraction of sp³-hybridized carbons (Fsp3) is 1.00. The molecular formula is C13H22O3. The number of hydrogen-bond acceptors (Lipinski definition) is 3. The normalized spacial score (nSPS) is 40.5. The second-order valence-electron chi connectivity index (χ2n) is 5.42. The lowest BCUT2D eigenvalue weighted by molar-refractivity contribution is 0.111. The van der Waals surface area contributed by atoms with Crippen LogP contribution in [0.15, 0.2) is 0 Å². The molecule has 0 aromatic carbocycles. The van der Waals surface area contributed by atoms with Gasteiger partial charge in [0.1, 0.15) is 6.10 Å². The standard InChI is InChI=1S/C13H22O3/c1(2-6-14-8-11-9-15-11)3-10-4-5-12-13(7-10)16-12/h10-13H,1-9H2. The first-order valence-corrected chi connectivity index (χ1v) is 6.76. The molecule has 0 aromatic heterocycles. The molecule has 3 fully saturated rings. The van der Waals surface area contributed by atoms with Crippen molar-refractivity contribution in [2.75, 3.05) is 19.8 Å². The highest BCUT2D eigenvalue weighted by molar-refractivity contribution is 4.91. The van der Waals surface area contributed by atoms with E-state index in [1.807, 2.05) is 0 Å². The van der Waals surface area contributed by atoms with Crippen LogP contribution in [-0.2, 0) is 14.2 Å². The summed E-state index contributed by atoms with van der Waals surface area (Å²) < 4.78 is 16.2. The molecule has 4 unspecified atom stereocenters. The molecule has 2 saturated heterocycles. The lowest BCUT2D eigenvalue weighted by Gasteiger charge is -2.18. The highest BCUT2D eigenvalue weighted by Gasteiger charge is 2.43. The SMILES string of the molecule is C(CCC1CCC2OC2C1)COCC1CO1. The van der Waals surface area contributed by atoms with Crippen LogP contribution in [0, 0.1) is 5.92 Å². The van der Waals surface area contributed by atoms with Crippen molar-refractivity contribution in [1.29, 1.82) is 0 Å². The Kier molecular flexibility index (Phi) is 3.46. The molecule has 4 atom stereocenters. The fourth-order valence-corrected chi connectivity index (χ4v) is 2.77. The zero-order chi connectivity index (χ0) is 10.8. The molecule has 0 spiro atoms. The van der Waals surface area contributed by atoms with Crippen molar-refractivity contribution in [2.45, 2.75) is 56.8 Å². The van der Waals surface area contributed by atoms with E-state index in [2.05, 4.69) is 0 Å². The van der Waals surface area contributed by atoms with E-state index in [4.69, 9.17) is 14.2 Å². The first-order valence-electron chi connectivity index (χ1n) is 6.76. The average molecular weight is 226 g/mol. The smallest absolute Gasteiger partial charge is 0.104 e. The van der Waals surface area contributed by atoms with Gasteiger partial charge < -0.3 is 14.2 Å².